The number of benzene rings is 2. The number of methoxy groups -OCH3 is 1. The predicted molar refractivity (Wildman–Crippen MR) is 107 cm³/mol. The first kappa shape index (κ1) is 21.4. The van der Waals surface area contributed by atoms with Crippen LogP contribution in [0.1, 0.15) is 27.4 Å². The number of hydrogen-bond donors (Lipinski definition) is 0. The monoisotopic (exact) mass is 438 g/mol. The normalized spacial score (nSPS) is 19.5. The molecule has 1 saturated heterocycles. The van der Waals surface area contributed by atoms with Crippen molar-refractivity contribution in [1.29, 1.82) is 0 Å². The molecule has 5 nitrogen and oxygen atoms in total. The molecule has 0 aromatic heterocycles. The highest BCUT2D eigenvalue weighted by Gasteiger charge is 2.36. The van der Waals surface area contributed by atoms with E-state index in [-0.39, 0.29) is 17.8 Å². The van der Waals surface area contributed by atoms with Crippen LogP contribution >= 0.6 is 0 Å². The lowest BCUT2D eigenvalue weighted by Crippen LogP contribution is -2.44. The van der Waals surface area contributed by atoms with Crippen molar-refractivity contribution in [2.24, 2.45) is 0 Å². The maximum Gasteiger partial charge on any atom is 0.573 e. The zero-order valence-corrected chi connectivity index (χ0v) is 17.1. The highest BCUT2D eigenvalue weighted by atomic mass is 19.4. The molecule has 0 spiro atoms. The van der Waals surface area contributed by atoms with Crippen LogP contribution in [-0.2, 0) is 6.42 Å². The molecule has 0 bridgehead atoms. The van der Waals surface area contributed by atoms with E-state index in [0.717, 1.165) is 43.5 Å². The molecular weight excluding hydrogens is 416 g/mol. The van der Waals surface area contributed by atoms with Gasteiger partial charge in [0.05, 0.1) is 18.7 Å². The van der Waals surface area contributed by atoms with Crippen molar-refractivity contribution < 1.29 is 31.8 Å². The highest BCUT2D eigenvalue weighted by molar-refractivity contribution is 6.06. The summed E-state index contributed by atoms with van der Waals surface area (Å²) in [5.41, 5.74) is 2.17. The van der Waals surface area contributed by atoms with Gasteiger partial charge in [-0.3, -0.25) is 4.79 Å². The summed E-state index contributed by atoms with van der Waals surface area (Å²) in [6, 6.07) is 6.47. The Hall–Kier alpha value is -2.81. The van der Waals surface area contributed by atoms with Gasteiger partial charge < -0.3 is 19.3 Å². The molecular formula is C22H22F4N2O3. The molecule has 2 aliphatic rings. The number of hydrogen-bond acceptors (Lipinski definition) is 5. The summed E-state index contributed by atoms with van der Waals surface area (Å²) in [7, 11) is 3.59. The Morgan fingerprint density at radius 1 is 1.06 bits per heavy atom. The van der Waals surface area contributed by atoms with E-state index in [1.54, 1.807) is 6.07 Å². The number of Topliss-reactive ketones (excluding diaryl/α,β-unsaturated/α-hetero) is 1. The van der Waals surface area contributed by atoms with Crippen molar-refractivity contribution in [1.82, 2.24) is 4.90 Å². The fourth-order valence-corrected chi connectivity index (χ4v) is 4.21. The Kier molecular flexibility index (Phi) is 5.55. The molecule has 31 heavy (non-hydrogen) atoms. The van der Waals surface area contributed by atoms with Crippen molar-refractivity contribution in [3.8, 4) is 11.5 Å². The van der Waals surface area contributed by atoms with Gasteiger partial charge in [0.1, 0.15) is 17.3 Å². The van der Waals surface area contributed by atoms with Crippen molar-refractivity contribution in [3.63, 3.8) is 0 Å². The Labute approximate surface area is 177 Å². The molecule has 166 valence electrons. The molecule has 9 heteroatoms. The molecule has 1 unspecified atom stereocenters. The van der Waals surface area contributed by atoms with Crippen LogP contribution in [0.4, 0.5) is 23.2 Å². The van der Waals surface area contributed by atoms with Gasteiger partial charge in [0, 0.05) is 37.8 Å². The minimum atomic E-state index is -4.91. The molecule has 1 fully saturated rings. The second-order valence-corrected chi connectivity index (χ2v) is 7.82. The van der Waals surface area contributed by atoms with Crippen LogP contribution in [-0.4, -0.2) is 57.4 Å². The van der Waals surface area contributed by atoms with Gasteiger partial charge in [-0.15, -0.1) is 13.2 Å². The topological polar surface area (TPSA) is 42.0 Å². The van der Waals surface area contributed by atoms with Crippen molar-refractivity contribution >= 4 is 11.5 Å². The smallest absolute Gasteiger partial charge is 0.495 e. The molecule has 0 N–H and O–H groups in total. The van der Waals surface area contributed by atoms with Gasteiger partial charge in [-0.1, -0.05) is 6.07 Å². The van der Waals surface area contributed by atoms with Crippen LogP contribution in [0.25, 0.3) is 0 Å². The lowest BCUT2D eigenvalue weighted by atomic mass is 9.94. The molecule has 1 aliphatic carbocycles. The molecule has 2 aromatic rings. The Balaban J connectivity index is 1.62. The van der Waals surface area contributed by atoms with Crippen LogP contribution < -0.4 is 14.4 Å². The Morgan fingerprint density at radius 2 is 1.77 bits per heavy atom. The van der Waals surface area contributed by atoms with Crippen LogP contribution in [0, 0.1) is 5.82 Å². The third kappa shape index (κ3) is 4.32. The molecule has 0 saturated carbocycles. The number of rotatable bonds is 4. The Morgan fingerprint density at radius 3 is 2.39 bits per heavy atom. The van der Waals surface area contributed by atoms with E-state index in [9.17, 15) is 22.4 Å². The lowest BCUT2D eigenvalue weighted by molar-refractivity contribution is -0.274. The largest absolute Gasteiger partial charge is 0.573 e. The average molecular weight is 438 g/mol. The van der Waals surface area contributed by atoms with Crippen molar-refractivity contribution in [3.05, 3.63) is 52.8 Å². The minimum Gasteiger partial charge on any atom is -0.495 e. The van der Waals surface area contributed by atoms with Gasteiger partial charge in [0.25, 0.3) is 0 Å². The van der Waals surface area contributed by atoms with Crippen molar-refractivity contribution in [2.75, 3.05) is 45.2 Å². The van der Waals surface area contributed by atoms with E-state index in [0.29, 0.717) is 17.4 Å². The molecule has 1 atom stereocenters. The minimum absolute atomic E-state index is 0.0517. The number of piperazine rings is 1. The number of halogens is 4. The first-order valence-electron chi connectivity index (χ1n) is 9.90. The number of carbonyl (C=O) groups is 1. The van der Waals surface area contributed by atoms with Crippen LogP contribution in [0.5, 0.6) is 11.5 Å². The standard InChI is InChI=1S/C22H22F4N2O3/c1-27-5-7-28(8-6-27)19-10-13-9-17(21(29)16(13)12-20(19)30-2)15-4-3-14(11-18(15)23)31-22(24,25)26/h3-4,10-12,17H,5-9H2,1-2H3. The zero-order chi connectivity index (χ0) is 22.3. The average Bonchev–Trinajstić information content (AvgIpc) is 3.02. The van der Waals surface area contributed by atoms with E-state index in [2.05, 4.69) is 21.6 Å². The number of carbonyl (C=O) groups excluding carboxylic acids is 1. The Bertz CT molecular complexity index is 1000. The molecule has 2 aromatic carbocycles. The third-order valence-electron chi connectivity index (χ3n) is 5.84. The van der Waals surface area contributed by atoms with Gasteiger partial charge >= 0.3 is 6.36 Å². The third-order valence-corrected chi connectivity index (χ3v) is 5.84. The van der Waals surface area contributed by atoms with E-state index < -0.39 is 23.8 Å². The van der Waals surface area contributed by atoms with E-state index in [1.807, 2.05) is 6.07 Å². The van der Waals surface area contributed by atoms with E-state index >= 15 is 0 Å². The zero-order valence-electron chi connectivity index (χ0n) is 17.1. The SMILES string of the molecule is COc1cc2c(cc1N1CCN(C)CC1)CC(c1ccc(OC(F)(F)F)cc1F)C2=O. The quantitative estimate of drug-likeness (QED) is 0.675. The predicted octanol–water partition coefficient (Wildman–Crippen LogP) is 4.01. The van der Waals surface area contributed by atoms with E-state index in [1.165, 1.54) is 13.2 Å². The van der Waals surface area contributed by atoms with Crippen LogP contribution in [0.2, 0.25) is 0 Å². The number of anilines is 1. The van der Waals surface area contributed by atoms with Gasteiger partial charge in [-0.2, -0.15) is 0 Å². The van der Waals surface area contributed by atoms with Gasteiger partial charge in [0.15, 0.2) is 5.78 Å². The van der Waals surface area contributed by atoms with Gasteiger partial charge in [0.2, 0.25) is 0 Å². The summed E-state index contributed by atoms with van der Waals surface area (Å²) in [5.74, 6) is -2.06. The second kappa shape index (κ2) is 8.03. The first-order valence-corrected chi connectivity index (χ1v) is 9.90. The number of alkyl halides is 3. The summed E-state index contributed by atoms with van der Waals surface area (Å²) in [5, 5.41) is 0. The molecule has 0 radical (unpaired) electrons. The van der Waals surface area contributed by atoms with Crippen molar-refractivity contribution in [2.45, 2.75) is 18.7 Å². The summed E-state index contributed by atoms with van der Waals surface area (Å²) >= 11 is 0. The van der Waals surface area contributed by atoms with Gasteiger partial charge in [-0.05, 0) is 42.8 Å². The lowest BCUT2D eigenvalue weighted by Gasteiger charge is -2.35. The van der Waals surface area contributed by atoms with Gasteiger partial charge in [-0.25, -0.2) is 4.39 Å². The highest BCUT2D eigenvalue weighted by Crippen LogP contribution is 2.41. The summed E-state index contributed by atoms with van der Waals surface area (Å²) in [6.07, 6.45) is -4.64. The fourth-order valence-electron chi connectivity index (χ4n) is 4.21. The molecule has 0 amide bonds. The first-order chi connectivity index (χ1) is 14.7. The summed E-state index contributed by atoms with van der Waals surface area (Å²) in [4.78, 5) is 17.4. The number of likely N-dealkylation sites (N-methyl/N-ethyl adjacent to an activating group) is 1. The maximum absolute atomic E-state index is 14.6. The molecule has 4 rings (SSSR count). The number of ketones is 1. The number of ether oxygens (including phenoxy) is 2. The fraction of sp³-hybridized carbons (Fsp3) is 0.409. The van der Waals surface area contributed by atoms with E-state index in [4.69, 9.17) is 4.74 Å². The number of nitrogens with zero attached hydrogens (tertiary/aromatic N) is 2. The summed E-state index contributed by atoms with van der Waals surface area (Å²) < 4.78 is 61.0. The molecule has 1 aliphatic heterocycles. The molecule has 1 heterocycles. The maximum atomic E-state index is 14.6. The second-order valence-electron chi connectivity index (χ2n) is 7.82. The van der Waals surface area contributed by atoms with Crippen LogP contribution in [0.15, 0.2) is 30.3 Å². The summed E-state index contributed by atoms with van der Waals surface area (Å²) in [6.45, 7) is 3.44. The van der Waals surface area contributed by atoms with Crippen LogP contribution in [0.3, 0.4) is 0 Å². The number of fused-ring (bicyclic) bond motifs is 1.